The van der Waals surface area contributed by atoms with E-state index in [1.165, 1.54) is 32.0 Å². The van der Waals surface area contributed by atoms with Gasteiger partial charge in [0.05, 0.1) is 17.2 Å². The number of hydrogen-bond donors (Lipinski definition) is 3. The molecule has 1 saturated heterocycles. The molecule has 0 spiro atoms. The van der Waals surface area contributed by atoms with Crippen molar-refractivity contribution in [2.24, 2.45) is 11.8 Å². The molecule has 1 aromatic rings. The summed E-state index contributed by atoms with van der Waals surface area (Å²) in [7, 11) is 0. The zero-order chi connectivity index (χ0) is 28.4. The fourth-order valence-electron chi connectivity index (χ4n) is 4.12. The van der Waals surface area contributed by atoms with Crippen LogP contribution in [0.3, 0.4) is 0 Å². The summed E-state index contributed by atoms with van der Waals surface area (Å²) in [4.78, 5) is 62.7. The van der Waals surface area contributed by atoms with Crippen molar-refractivity contribution < 1.29 is 43.3 Å². The molecular weight excluding hydrogens is 496 g/mol. The van der Waals surface area contributed by atoms with Crippen molar-refractivity contribution in [1.82, 2.24) is 5.32 Å². The highest BCUT2D eigenvalue weighted by Gasteiger charge is 2.43. The van der Waals surface area contributed by atoms with E-state index < -0.39 is 59.8 Å². The van der Waals surface area contributed by atoms with Gasteiger partial charge in [-0.25, -0.2) is 4.79 Å². The van der Waals surface area contributed by atoms with Crippen LogP contribution in [0.2, 0.25) is 0 Å². The Kier molecular flexibility index (Phi) is 11.5. The minimum atomic E-state index is -1.42. The van der Waals surface area contributed by atoms with E-state index in [4.69, 9.17) is 14.2 Å². The van der Waals surface area contributed by atoms with Gasteiger partial charge in [-0.3, -0.25) is 19.2 Å². The van der Waals surface area contributed by atoms with E-state index in [2.05, 4.69) is 10.6 Å². The number of ether oxygens (including phenoxy) is 3. The Morgan fingerprint density at radius 3 is 2.45 bits per heavy atom. The number of amides is 2. The quantitative estimate of drug-likeness (QED) is 0.168. The lowest BCUT2D eigenvalue weighted by Gasteiger charge is -2.29. The van der Waals surface area contributed by atoms with Crippen molar-refractivity contribution in [2.45, 2.75) is 91.1 Å². The molecule has 1 aliphatic rings. The van der Waals surface area contributed by atoms with E-state index in [1.54, 1.807) is 0 Å². The van der Waals surface area contributed by atoms with Crippen molar-refractivity contribution in [2.75, 3.05) is 5.32 Å². The number of carbonyl (C=O) groups is 5. The molecule has 11 nitrogen and oxygen atoms in total. The van der Waals surface area contributed by atoms with Gasteiger partial charge in [-0.05, 0) is 44.7 Å². The SMILES string of the molecule is CCCC[C@H]1C(=O)O[C@H](C)[C@H](NC(=O)c2cccc(NC=O)c2O)C(=O)O[C@@H](C)[C@@H]1OC(=O)CCC(C)C. The van der Waals surface area contributed by atoms with Gasteiger partial charge in [0.15, 0.2) is 17.9 Å². The molecule has 0 bridgehead atoms. The third-order valence-corrected chi connectivity index (χ3v) is 6.33. The number of carbonyl (C=O) groups excluding carboxylic acids is 5. The standard InChI is InChI=1S/C27H38N2O9/c1-6-7-9-19-24(38-21(31)13-12-15(2)3)17(5)37-27(35)22(16(4)36-26(19)34)29-25(33)18-10-8-11-20(23(18)32)28-14-30/h8,10-11,14-17,19,22,24,32H,6-7,9,12-13H2,1-5H3,(H,28,30)(H,29,33)/t16-,17+,19-,22+,24+/m1/s1. The van der Waals surface area contributed by atoms with E-state index in [1.807, 2.05) is 20.8 Å². The number of hydrogen-bond acceptors (Lipinski definition) is 9. The van der Waals surface area contributed by atoms with Crippen LogP contribution in [-0.2, 0) is 33.4 Å². The van der Waals surface area contributed by atoms with Crippen LogP contribution in [-0.4, -0.2) is 59.7 Å². The number of cyclic esters (lactones) is 2. The van der Waals surface area contributed by atoms with Crippen LogP contribution in [0, 0.1) is 11.8 Å². The zero-order valence-corrected chi connectivity index (χ0v) is 22.5. The van der Waals surface area contributed by atoms with Gasteiger partial charge in [0.25, 0.3) is 5.91 Å². The first kappa shape index (κ1) is 30.6. The molecule has 0 unspecified atom stereocenters. The minimum absolute atomic E-state index is 0.00122. The number of nitrogens with one attached hydrogen (secondary N) is 2. The second-order valence-electron chi connectivity index (χ2n) is 9.83. The van der Waals surface area contributed by atoms with E-state index in [-0.39, 0.29) is 23.6 Å². The van der Waals surface area contributed by atoms with E-state index in [9.17, 15) is 29.1 Å². The minimum Gasteiger partial charge on any atom is -0.505 e. The summed E-state index contributed by atoms with van der Waals surface area (Å²) in [6.07, 6.45) is -0.311. The summed E-state index contributed by atoms with van der Waals surface area (Å²) in [5, 5.41) is 15.1. The highest BCUT2D eigenvalue weighted by Crippen LogP contribution is 2.29. The van der Waals surface area contributed by atoms with Crippen LogP contribution in [0.15, 0.2) is 18.2 Å². The van der Waals surface area contributed by atoms with E-state index >= 15 is 0 Å². The van der Waals surface area contributed by atoms with Crippen LogP contribution in [0.4, 0.5) is 5.69 Å². The van der Waals surface area contributed by atoms with Gasteiger partial charge in [0.2, 0.25) is 6.41 Å². The Hall–Kier alpha value is -3.63. The molecule has 1 aromatic carbocycles. The number of rotatable bonds is 11. The van der Waals surface area contributed by atoms with Crippen LogP contribution >= 0.6 is 0 Å². The Morgan fingerprint density at radius 2 is 1.82 bits per heavy atom. The first-order valence-electron chi connectivity index (χ1n) is 12.9. The van der Waals surface area contributed by atoms with Crippen LogP contribution < -0.4 is 10.6 Å². The number of aromatic hydroxyl groups is 1. The lowest BCUT2D eigenvalue weighted by atomic mass is 9.92. The molecule has 210 valence electrons. The lowest BCUT2D eigenvalue weighted by Crippen LogP contribution is -2.50. The summed E-state index contributed by atoms with van der Waals surface area (Å²) in [6, 6.07) is 2.70. The van der Waals surface area contributed by atoms with Crippen molar-refractivity contribution in [3.05, 3.63) is 23.8 Å². The molecule has 1 fully saturated rings. The van der Waals surface area contributed by atoms with Gasteiger partial charge in [-0.15, -0.1) is 0 Å². The normalized spacial score (nSPS) is 23.8. The van der Waals surface area contributed by atoms with Gasteiger partial charge in [-0.2, -0.15) is 0 Å². The summed E-state index contributed by atoms with van der Waals surface area (Å²) >= 11 is 0. The van der Waals surface area contributed by atoms with Crippen LogP contribution in [0.5, 0.6) is 5.75 Å². The fraction of sp³-hybridized carbons (Fsp3) is 0.593. The smallest absolute Gasteiger partial charge is 0.332 e. The fourth-order valence-corrected chi connectivity index (χ4v) is 4.12. The lowest BCUT2D eigenvalue weighted by molar-refractivity contribution is -0.175. The Balaban J connectivity index is 2.32. The van der Waals surface area contributed by atoms with E-state index in [0.29, 0.717) is 25.7 Å². The van der Waals surface area contributed by atoms with Crippen molar-refractivity contribution in [1.29, 1.82) is 0 Å². The summed E-state index contributed by atoms with van der Waals surface area (Å²) in [5.41, 5.74) is -0.215. The van der Waals surface area contributed by atoms with Crippen molar-refractivity contribution in [3.63, 3.8) is 0 Å². The molecule has 0 aromatic heterocycles. The average molecular weight is 535 g/mol. The first-order valence-corrected chi connectivity index (χ1v) is 12.9. The van der Waals surface area contributed by atoms with Crippen LogP contribution in [0.25, 0.3) is 0 Å². The highest BCUT2D eigenvalue weighted by molar-refractivity contribution is 6.01. The Bertz CT molecular complexity index is 1010. The zero-order valence-electron chi connectivity index (χ0n) is 22.5. The Labute approximate surface area is 222 Å². The third kappa shape index (κ3) is 8.19. The summed E-state index contributed by atoms with van der Waals surface area (Å²) < 4.78 is 16.9. The van der Waals surface area contributed by atoms with Gasteiger partial charge in [-0.1, -0.05) is 39.7 Å². The number of phenols is 1. The summed E-state index contributed by atoms with van der Waals surface area (Å²) in [5.74, 6) is -4.01. The maximum absolute atomic E-state index is 13.2. The topological polar surface area (TPSA) is 157 Å². The molecule has 1 aliphatic heterocycles. The molecule has 38 heavy (non-hydrogen) atoms. The highest BCUT2D eigenvalue weighted by atomic mass is 16.6. The van der Waals surface area contributed by atoms with Crippen molar-refractivity contribution in [3.8, 4) is 5.75 Å². The predicted molar refractivity (Wildman–Crippen MR) is 137 cm³/mol. The van der Waals surface area contributed by atoms with Gasteiger partial charge in [0, 0.05) is 6.42 Å². The molecule has 2 rings (SSSR count). The first-order chi connectivity index (χ1) is 18.0. The molecule has 0 radical (unpaired) electrons. The second kappa shape index (κ2) is 14.3. The number of phenolic OH excluding ortho intramolecular Hbond substituents is 1. The molecule has 11 heteroatoms. The van der Waals surface area contributed by atoms with Crippen LogP contribution in [0.1, 0.15) is 77.1 Å². The number of unbranched alkanes of at least 4 members (excludes halogenated alkanes) is 1. The molecule has 3 N–H and O–H groups in total. The molecule has 1 heterocycles. The second-order valence-corrected chi connectivity index (χ2v) is 9.83. The molecule has 2 amide bonds. The number of para-hydroxylation sites is 1. The monoisotopic (exact) mass is 534 g/mol. The van der Waals surface area contributed by atoms with E-state index in [0.717, 1.165) is 6.42 Å². The van der Waals surface area contributed by atoms with Crippen molar-refractivity contribution >= 4 is 35.9 Å². The van der Waals surface area contributed by atoms with Gasteiger partial charge < -0.3 is 30.0 Å². The number of esters is 3. The van der Waals surface area contributed by atoms with Gasteiger partial charge >= 0.3 is 17.9 Å². The summed E-state index contributed by atoms with van der Waals surface area (Å²) in [6.45, 7) is 8.87. The Morgan fingerprint density at radius 1 is 1.13 bits per heavy atom. The molecule has 5 atom stereocenters. The molecular formula is C27H38N2O9. The number of anilines is 1. The average Bonchev–Trinajstić information content (AvgIpc) is 2.88. The number of benzene rings is 1. The largest absolute Gasteiger partial charge is 0.505 e. The molecule has 0 aliphatic carbocycles. The maximum atomic E-state index is 13.2. The van der Waals surface area contributed by atoms with Gasteiger partial charge in [0.1, 0.15) is 12.2 Å². The third-order valence-electron chi connectivity index (χ3n) is 6.33. The maximum Gasteiger partial charge on any atom is 0.332 e. The predicted octanol–water partition coefficient (Wildman–Crippen LogP) is 3.09. The molecule has 0 saturated carbocycles.